The second kappa shape index (κ2) is 4.30. The van der Waals surface area contributed by atoms with Gasteiger partial charge in [0.2, 0.25) is 0 Å². The van der Waals surface area contributed by atoms with Crippen LogP contribution < -0.4 is 0 Å². The summed E-state index contributed by atoms with van der Waals surface area (Å²) in [5, 5.41) is 0. The Balaban J connectivity index is 2.37. The van der Waals surface area contributed by atoms with Gasteiger partial charge in [0, 0.05) is 0 Å². The molecule has 0 fully saturated rings. The lowest BCUT2D eigenvalue weighted by molar-refractivity contribution is 0.0600. The molecule has 2 heteroatoms. The van der Waals surface area contributed by atoms with Crippen LogP contribution in [-0.2, 0) is 11.2 Å². The average molecular weight is 202 g/mol. The summed E-state index contributed by atoms with van der Waals surface area (Å²) in [6.07, 6.45) is 7.61. The van der Waals surface area contributed by atoms with Crippen LogP contribution in [0.25, 0.3) is 6.08 Å². The summed E-state index contributed by atoms with van der Waals surface area (Å²) in [6, 6.07) is 5.75. The topological polar surface area (TPSA) is 26.3 Å². The maximum absolute atomic E-state index is 11.3. The molecule has 15 heavy (non-hydrogen) atoms. The standard InChI is InChI=1S/C13H14O2/c1-15-13(14)12-8-7-10-5-3-2-4-6-11(10)9-12/h3,5,7-9H,2,4,6H2,1H3. The number of benzene rings is 1. The Morgan fingerprint density at radius 2 is 2.27 bits per heavy atom. The fraction of sp³-hybridized carbons (Fsp3) is 0.308. The summed E-state index contributed by atoms with van der Waals surface area (Å²) in [4.78, 5) is 11.3. The molecular weight excluding hydrogens is 188 g/mol. The van der Waals surface area contributed by atoms with E-state index in [0.29, 0.717) is 5.56 Å². The van der Waals surface area contributed by atoms with E-state index in [1.165, 1.54) is 18.2 Å². The van der Waals surface area contributed by atoms with Crippen molar-refractivity contribution in [3.8, 4) is 0 Å². The first-order valence-corrected chi connectivity index (χ1v) is 5.19. The lowest BCUT2D eigenvalue weighted by Gasteiger charge is -2.06. The molecule has 2 rings (SSSR count). The Bertz CT molecular complexity index is 405. The molecule has 2 nitrogen and oxygen atoms in total. The third-order valence-electron chi connectivity index (χ3n) is 2.68. The number of hydrogen-bond acceptors (Lipinski definition) is 2. The van der Waals surface area contributed by atoms with Crippen molar-refractivity contribution in [1.82, 2.24) is 0 Å². The van der Waals surface area contributed by atoms with Crippen LogP contribution in [0, 0.1) is 0 Å². The molecule has 0 radical (unpaired) electrons. The van der Waals surface area contributed by atoms with Gasteiger partial charge in [-0.1, -0.05) is 18.2 Å². The van der Waals surface area contributed by atoms with Gasteiger partial charge in [0.25, 0.3) is 0 Å². The third-order valence-corrected chi connectivity index (χ3v) is 2.68. The van der Waals surface area contributed by atoms with Gasteiger partial charge in [0.05, 0.1) is 12.7 Å². The van der Waals surface area contributed by atoms with Crippen LogP contribution >= 0.6 is 0 Å². The molecule has 0 spiro atoms. The van der Waals surface area contributed by atoms with Crippen molar-refractivity contribution in [1.29, 1.82) is 0 Å². The van der Waals surface area contributed by atoms with E-state index < -0.39 is 0 Å². The Morgan fingerprint density at radius 3 is 3.07 bits per heavy atom. The van der Waals surface area contributed by atoms with Gasteiger partial charge in [-0.2, -0.15) is 0 Å². The number of fused-ring (bicyclic) bond motifs is 1. The van der Waals surface area contributed by atoms with E-state index in [1.54, 1.807) is 0 Å². The number of hydrogen-bond donors (Lipinski definition) is 0. The molecule has 0 saturated carbocycles. The van der Waals surface area contributed by atoms with Crippen molar-refractivity contribution in [3.05, 3.63) is 41.0 Å². The zero-order valence-corrected chi connectivity index (χ0v) is 8.82. The first-order chi connectivity index (χ1) is 7.31. The van der Waals surface area contributed by atoms with Gasteiger partial charge in [0.15, 0.2) is 0 Å². The van der Waals surface area contributed by atoms with Crippen LogP contribution in [0.3, 0.4) is 0 Å². The summed E-state index contributed by atoms with van der Waals surface area (Å²) in [7, 11) is 1.41. The van der Waals surface area contributed by atoms with Crippen molar-refractivity contribution < 1.29 is 9.53 Å². The van der Waals surface area contributed by atoms with Crippen LogP contribution in [-0.4, -0.2) is 13.1 Å². The molecule has 1 aliphatic carbocycles. The van der Waals surface area contributed by atoms with Gasteiger partial charge in [-0.3, -0.25) is 0 Å². The Hall–Kier alpha value is -1.57. The molecule has 0 saturated heterocycles. The highest BCUT2D eigenvalue weighted by Crippen LogP contribution is 2.20. The Morgan fingerprint density at radius 1 is 1.40 bits per heavy atom. The van der Waals surface area contributed by atoms with Crippen LogP contribution in [0.15, 0.2) is 24.3 Å². The summed E-state index contributed by atoms with van der Waals surface area (Å²) >= 11 is 0. The number of esters is 1. The van der Waals surface area contributed by atoms with E-state index in [-0.39, 0.29) is 5.97 Å². The third kappa shape index (κ3) is 2.09. The van der Waals surface area contributed by atoms with Crippen LogP contribution in [0.4, 0.5) is 0 Å². The molecule has 0 aliphatic heterocycles. The summed E-state index contributed by atoms with van der Waals surface area (Å²) in [5.74, 6) is -0.258. The lowest BCUT2D eigenvalue weighted by atomic mass is 10.0. The van der Waals surface area contributed by atoms with E-state index in [2.05, 4.69) is 12.2 Å². The first kappa shape index (κ1) is 9.97. The normalized spacial score (nSPS) is 14.2. The van der Waals surface area contributed by atoms with Gasteiger partial charge < -0.3 is 4.74 Å². The van der Waals surface area contributed by atoms with Crippen molar-refractivity contribution >= 4 is 12.0 Å². The molecule has 1 aromatic carbocycles. The van der Waals surface area contributed by atoms with Gasteiger partial charge in [-0.05, 0) is 42.5 Å². The molecular formula is C13H14O2. The lowest BCUT2D eigenvalue weighted by Crippen LogP contribution is -2.02. The van der Waals surface area contributed by atoms with Gasteiger partial charge in [-0.15, -0.1) is 0 Å². The molecule has 0 heterocycles. The predicted octanol–water partition coefficient (Wildman–Crippen LogP) is 2.82. The van der Waals surface area contributed by atoms with Gasteiger partial charge in [-0.25, -0.2) is 4.79 Å². The Kier molecular flexibility index (Phi) is 2.86. The zero-order valence-electron chi connectivity index (χ0n) is 8.82. The number of carbonyl (C=O) groups excluding carboxylic acids is 1. The van der Waals surface area contributed by atoms with Crippen LogP contribution in [0.2, 0.25) is 0 Å². The number of rotatable bonds is 1. The highest BCUT2D eigenvalue weighted by Gasteiger charge is 2.09. The van der Waals surface area contributed by atoms with E-state index in [1.807, 2.05) is 18.2 Å². The number of ether oxygens (including phenoxy) is 1. The molecule has 0 unspecified atom stereocenters. The number of carbonyl (C=O) groups is 1. The Labute approximate surface area is 89.6 Å². The number of methoxy groups -OCH3 is 1. The van der Waals surface area contributed by atoms with E-state index in [0.717, 1.165) is 19.3 Å². The van der Waals surface area contributed by atoms with Crippen molar-refractivity contribution in [2.24, 2.45) is 0 Å². The minimum atomic E-state index is -0.258. The summed E-state index contributed by atoms with van der Waals surface area (Å²) in [5.41, 5.74) is 3.11. The minimum Gasteiger partial charge on any atom is -0.465 e. The maximum atomic E-state index is 11.3. The molecule has 0 aromatic heterocycles. The second-order valence-corrected chi connectivity index (χ2v) is 3.70. The van der Waals surface area contributed by atoms with E-state index in [9.17, 15) is 4.79 Å². The minimum absolute atomic E-state index is 0.258. The molecule has 1 aromatic rings. The SMILES string of the molecule is COC(=O)c1ccc2c(c1)CCCC=C2. The molecule has 0 bridgehead atoms. The number of allylic oxidation sites excluding steroid dienone is 1. The molecule has 78 valence electrons. The quantitative estimate of drug-likeness (QED) is 0.654. The largest absolute Gasteiger partial charge is 0.465 e. The zero-order chi connectivity index (χ0) is 10.7. The average Bonchev–Trinajstić information content (AvgIpc) is 2.51. The molecule has 1 aliphatic rings. The smallest absolute Gasteiger partial charge is 0.337 e. The number of aryl methyl sites for hydroxylation is 1. The summed E-state index contributed by atoms with van der Waals surface area (Å²) in [6.45, 7) is 0. The van der Waals surface area contributed by atoms with Crippen LogP contribution in [0.1, 0.15) is 34.3 Å². The maximum Gasteiger partial charge on any atom is 0.337 e. The van der Waals surface area contributed by atoms with Crippen molar-refractivity contribution in [2.45, 2.75) is 19.3 Å². The van der Waals surface area contributed by atoms with Crippen molar-refractivity contribution in [2.75, 3.05) is 7.11 Å². The predicted molar refractivity (Wildman–Crippen MR) is 59.8 cm³/mol. The second-order valence-electron chi connectivity index (χ2n) is 3.70. The van der Waals surface area contributed by atoms with Crippen molar-refractivity contribution in [3.63, 3.8) is 0 Å². The van der Waals surface area contributed by atoms with Gasteiger partial charge >= 0.3 is 5.97 Å². The highest BCUT2D eigenvalue weighted by atomic mass is 16.5. The molecule has 0 atom stereocenters. The summed E-state index contributed by atoms with van der Waals surface area (Å²) < 4.78 is 4.70. The highest BCUT2D eigenvalue weighted by molar-refractivity contribution is 5.90. The fourth-order valence-corrected chi connectivity index (χ4v) is 1.85. The fourth-order valence-electron chi connectivity index (χ4n) is 1.85. The van der Waals surface area contributed by atoms with E-state index in [4.69, 9.17) is 4.74 Å². The molecule has 0 N–H and O–H groups in total. The first-order valence-electron chi connectivity index (χ1n) is 5.19. The van der Waals surface area contributed by atoms with Gasteiger partial charge in [0.1, 0.15) is 0 Å². The van der Waals surface area contributed by atoms with Crippen LogP contribution in [0.5, 0.6) is 0 Å². The monoisotopic (exact) mass is 202 g/mol. The molecule has 0 amide bonds. The van der Waals surface area contributed by atoms with E-state index >= 15 is 0 Å².